The average molecular weight is 332 g/mol. The molecule has 1 fully saturated rings. The van der Waals surface area contributed by atoms with E-state index in [-0.39, 0.29) is 6.03 Å². The zero-order valence-electron chi connectivity index (χ0n) is 13.0. The van der Waals surface area contributed by atoms with Gasteiger partial charge in [-0.05, 0) is 24.6 Å². The van der Waals surface area contributed by atoms with E-state index in [1.54, 1.807) is 13.0 Å². The molecule has 1 aliphatic heterocycles. The van der Waals surface area contributed by atoms with Crippen LogP contribution in [0.1, 0.15) is 11.3 Å². The Morgan fingerprint density at radius 3 is 2.70 bits per heavy atom. The lowest BCUT2D eigenvalue weighted by atomic mass is 10.2. The Hall–Kier alpha value is -2.15. The Balaban J connectivity index is 1.49. The van der Waals surface area contributed by atoms with Crippen molar-refractivity contribution in [1.29, 1.82) is 0 Å². The third kappa shape index (κ3) is 4.41. The van der Waals surface area contributed by atoms with Gasteiger partial charge in [0, 0.05) is 42.9 Å². The molecule has 3 rings (SSSR count). The molecule has 0 atom stereocenters. The van der Waals surface area contributed by atoms with Crippen LogP contribution >= 0.6 is 11.8 Å². The van der Waals surface area contributed by atoms with E-state index in [9.17, 15) is 4.79 Å². The lowest BCUT2D eigenvalue weighted by molar-refractivity contribution is 0.251. The highest BCUT2D eigenvalue weighted by molar-refractivity contribution is 7.99. The Morgan fingerprint density at radius 1 is 1.30 bits per heavy atom. The van der Waals surface area contributed by atoms with Gasteiger partial charge in [-0.1, -0.05) is 17.3 Å². The van der Waals surface area contributed by atoms with Gasteiger partial charge in [-0.3, -0.25) is 5.32 Å². The zero-order valence-corrected chi connectivity index (χ0v) is 13.9. The van der Waals surface area contributed by atoms with Gasteiger partial charge in [-0.25, -0.2) is 4.79 Å². The Bertz CT molecular complexity index is 650. The summed E-state index contributed by atoms with van der Waals surface area (Å²) in [5.74, 6) is 3.45. The first kappa shape index (κ1) is 15.7. The largest absolute Gasteiger partial charge is 0.370 e. The van der Waals surface area contributed by atoms with Crippen LogP contribution in [-0.4, -0.2) is 35.8 Å². The molecule has 23 heavy (non-hydrogen) atoms. The Kier molecular flexibility index (Phi) is 5.07. The lowest BCUT2D eigenvalue weighted by Gasteiger charge is -2.28. The zero-order chi connectivity index (χ0) is 16.1. The highest BCUT2D eigenvalue weighted by Gasteiger charge is 2.11. The van der Waals surface area contributed by atoms with E-state index < -0.39 is 0 Å². The van der Waals surface area contributed by atoms with Gasteiger partial charge in [0.2, 0.25) is 0 Å². The van der Waals surface area contributed by atoms with Gasteiger partial charge in [0.05, 0.1) is 0 Å². The molecule has 7 heteroatoms. The number of rotatable bonds is 4. The molecule has 1 aromatic heterocycles. The number of carbonyl (C=O) groups is 1. The highest BCUT2D eigenvalue weighted by atomic mass is 32.2. The molecule has 1 aromatic carbocycles. The molecule has 0 saturated carbocycles. The number of aromatic nitrogens is 1. The van der Waals surface area contributed by atoms with E-state index in [2.05, 4.69) is 45.0 Å². The van der Waals surface area contributed by atoms with Crippen molar-refractivity contribution in [3.8, 4) is 0 Å². The summed E-state index contributed by atoms with van der Waals surface area (Å²) in [6, 6.07) is 9.72. The second kappa shape index (κ2) is 7.41. The molecular formula is C16H20N4O2S. The van der Waals surface area contributed by atoms with Gasteiger partial charge < -0.3 is 14.7 Å². The quantitative estimate of drug-likeness (QED) is 0.901. The normalized spacial score (nSPS) is 14.6. The fourth-order valence-corrected chi connectivity index (χ4v) is 3.32. The number of aryl methyl sites for hydroxylation is 1. The molecule has 2 amide bonds. The van der Waals surface area contributed by atoms with Gasteiger partial charge in [0.15, 0.2) is 5.82 Å². The number of nitrogens with zero attached hydrogens (tertiary/aromatic N) is 2. The minimum atomic E-state index is -0.296. The minimum absolute atomic E-state index is 0.296. The van der Waals surface area contributed by atoms with E-state index >= 15 is 0 Å². The van der Waals surface area contributed by atoms with E-state index in [1.165, 1.54) is 17.2 Å². The van der Waals surface area contributed by atoms with Crippen molar-refractivity contribution in [3.63, 3.8) is 0 Å². The Morgan fingerprint density at radius 2 is 2.04 bits per heavy atom. The van der Waals surface area contributed by atoms with Gasteiger partial charge in [0.1, 0.15) is 5.76 Å². The van der Waals surface area contributed by atoms with Crippen LogP contribution in [0.2, 0.25) is 0 Å². The fraction of sp³-hybridized carbons (Fsp3) is 0.375. The van der Waals surface area contributed by atoms with Crippen LogP contribution in [0.5, 0.6) is 0 Å². The van der Waals surface area contributed by atoms with Crippen LogP contribution in [0, 0.1) is 6.92 Å². The van der Waals surface area contributed by atoms with Gasteiger partial charge in [-0.2, -0.15) is 11.8 Å². The van der Waals surface area contributed by atoms with Gasteiger partial charge in [0.25, 0.3) is 0 Å². The van der Waals surface area contributed by atoms with Gasteiger partial charge in [-0.15, -0.1) is 0 Å². The van der Waals surface area contributed by atoms with E-state index in [0.29, 0.717) is 18.1 Å². The van der Waals surface area contributed by atoms with Crippen molar-refractivity contribution < 1.29 is 9.32 Å². The summed E-state index contributed by atoms with van der Waals surface area (Å²) in [6.45, 7) is 4.45. The molecule has 1 saturated heterocycles. The first-order valence-electron chi connectivity index (χ1n) is 7.60. The minimum Gasteiger partial charge on any atom is -0.370 e. The van der Waals surface area contributed by atoms with Crippen molar-refractivity contribution >= 4 is 29.3 Å². The monoisotopic (exact) mass is 332 g/mol. The molecule has 0 radical (unpaired) electrons. The van der Waals surface area contributed by atoms with Crippen LogP contribution in [0.15, 0.2) is 34.9 Å². The summed E-state index contributed by atoms with van der Waals surface area (Å²) in [6.07, 6.45) is 0. The Labute approximate surface area is 139 Å². The first-order chi connectivity index (χ1) is 11.2. The summed E-state index contributed by atoms with van der Waals surface area (Å²) in [4.78, 5) is 14.2. The number of urea groups is 1. The standard InChI is InChI=1S/C16H20N4O2S/c1-12-10-15(19-22-12)18-16(21)17-11-13-2-4-14(5-3-13)20-6-8-23-9-7-20/h2-5,10H,6-9,11H2,1H3,(H2,17,18,19,21). The highest BCUT2D eigenvalue weighted by Crippen LogP contribution is 2.19. The maximum Gasteiger partial charge on any atom is 0.320 e. The van der Waals surface area contributed by atoms with Crippen molar-refractivity contribution in [2.75, 3.05) is 34.8 Å². The second-order valence-corrected chi connectivity index (χ2v) is 6.62. The van der Waals surface area contributed by atoms with E-state index in [4.69, 9.17) is 4.52 Å². The third-order valence-electron chi connectivity index (χ3n) is 3.64. The summed E-state index contributed by atoms with van der Waals surface area (Å²) < 4.78 is 4.90. The van der Waals surface area contributed by atoms with Crippen LogP contribution in [0.25, 0.3) is 0 Å². The first-order valence-corrected chi connectivity index (χ1v) is 8.76. The summed E-state index contributed by atoms with van der Waals surface area (Å²) >= 11 is 2.00. The molecular weight excluding hydrogens is 312 g/mol. The molecule has 122 valence electrons. The summed E-state index contributed by atoms with van der Waals surface area (Å²) in [5.41, 5.74) is 2.31. The van der Waals surface area contributed by atoms with Crippen molar-refractivity contribution in [2.45, 2.75) is 13.5 Å². The van der Waals surface area contributed by atoms with Crippen LogP contribution in [0.3, 0.4) is 0 Å². The molecule has 2 aromatic rings. The van der Waals surface area contributed by atoms with Crippen molar-refractivity contribution in [1.82, 2.24) is 10.5 Å². The second-order valence-electron chi connectivity index (χ2n) is 5.40. The molecule has 6 nitrogen and oxygen atoms in total. The fourth-order valence-electron chi connectivity index (χ4n) is 2.41. The number of amides is 2. The summed E-state index contributed by atoms with van der Waals surface area (Å²) in [7, 11) is 0. The summed E-state index contributed by atoms with van der Waals surface area (Å²) in [5, 5.41) is 9.16. The number of hydrogen-bond acceptors (Lipinski definition) is 5. The third-order valence-corrected chi connectivity index (χ3v) is 4.58. The molecule has 0 unspecified atom stereocenters. The van der Waals surface area contributed by atoms with Crippen molar-refractivity contribution in [3.05, 3.63) is 41.7 Å². The predicted octanol–water partition coefficient (Wildman–Crippen LogP) is 2.86. The number of nitrogens with one attached hydrogen (secondary N) is 2. The number of carbonyl (C=O) groups excluding carboxylic acids is 1. The molecule has 2 heterocycles. The number of benzene rings is 1. The van der Waals surface area contributed by atoms with Crippen LogP contribution in [-0.2, 0) is 6.54 Å². The molecule has 2 N–H and O–H groups in total. The average Bonchev–Trinajstić information content (AvgIpc) is 2.99. The molecule has 0 bridgehead atoms. The van der Waals surface area contributed by atoms with Crippen molar-refractivity contribution in [2.24, 2.45) is 0 Å². The topological polar surface area (TPSA) is 70.4 Å². The number of thioether (sulfide) groups is 1. The van der Waals surface area contributed by atoms with E-state index in [1.807, 2.05) is 11.8 Å². The maximum atomic E-state index is 11.8. The predicted molar refractivity (Wildman–Crippen MR) is 93.1 cm³/mol. The lowest BCUT2D eigenvalue weighted by Crippen LogP contribution is -2.32. The molecule has 0 aliphatic carbocycles. The molecule has 1 aliphatic rings. The number of anilines is 2. The molecule has 0 spiro atoms. The van der Waals surface area contributed by atoms with Crippen LogP contribution < -0.4 is 15.5 Å². The van der Waals surface area contributed by atoms with Gasteiger partial charge >= 0.3 is 6.03 Å². The van der Waals surface area contributed by atoms with E-state index in [0.717, 1.165) is 18.7 Å². The maximum absolute atomic E-state index is 11.8. The smallest absolute Gasteiger partial charge is 0.320 e. The van der Waals surface area contributed by atoms with Crippen LogP contribution in [0.4, 0.5) is 16.3 Å². The number of hydrogen-bond donors (Lipinski definition) is 2. The SMILES string of the molecule is Cc1cc(NC(=O)NCc2ccc(N3CCSCC3)cc2)no1.